The summed E-state index contributed by atoms with van der Waals surface area (Å²) in [6.45, 7) is 28.5. The van der Waals surface area contributed by atoms with Crippen LogP contribution in [0, 0.1) is 0 Å². The van der Waals surface area contributed by atoms with Crippen molar-refractivity contribution in [3.63, 3.8) is 0 Å². The van der Waals surface area contributed by atoms with Crippen LogP contribution in [0.5, 0.6) is 0 Å². The second kappa shape index (κ2) is 23.4. The van der Waals surface area contributed by atoms with Gasteiger partial charge in [0.05, 0.1) is 16.8 Å². The highest BCUT2D eigenvalue weighted by molar-refractivity contribution is 7.00. The van der Waals surface area contributed by atoms with Crippen molar-refractivity contribution >= 4 is 57.2 Å². The molecule has 98 heavy (non-hydrogen) atoms. The highest BCUT2D eigenvalue weighted by Crippen LogP contribution is 2.59. The van der Waals surface area contributed by atoms with Gasteiger partial charge in [-0.1, -0.05) is 350 Å². The van der Waals surface area contributed by atoms with Crippen molar-refractivity contribution in [3.05, 3.63) is 342 Å². The van der Waals surface area contributed by atoms with Crippen LogP contribution in [-0.4, -0.2) is 6.71 Å². The minimum absolute atomic E-state index is 0.0620. The van der Waals surface area contributed by atoms with Crippen LogP contribution in [0.3, 0.4) is 0 Å². The zero-order chi connectivity index (χ0) is 67.6. The van der Waals surface area contributed by atoms with Gasteiger partial charge in [0.15, 0.2) is 0 Å². The maximum absolute atomic E-state index is 2.70. The van der Waals surface area contributed by atoms with Gasteiger partial charge in [-0.05, 0) is 163 Å². The van der Waals surface area contributed by atoms with Gasteiger partial charge in [0.2, 0.25) is 0 Å². The minimum Gasteiger partial charge on any atom is -0.311 e. The summed E-state index contributed by atoms with van der Waals surface area (Å²) in [5, 5.41) is 0. The zero-order valence-electron chi connectivity index (χ0n) is 58.8. The molecule has 0 bridgehead atoms. The summed E-state index contributed by atoms with van der Waals surface area (Å²) in [5.74, 6) is 0. The standard InChI is InChI=1S/C95H85BN2/c1-91(2,3)69-58-78(93(7,8)9)87(79(59-69)94(10,11)12)66-53-55-83-81(57-66)96-80-56-65(72-46-33-50-77-88(72)75-45-28-30-49-76(75)95(77,67-40-24-16-25-41-67)68-42-26-17-27-43-68)52-54-84(80)98(90-73(63-36-20-14-21-37-63)47-32-48-74(90)64-38-22-15-23-39-64)86-61-70(92(4,5)6)60-85(89(86)96)97(83)82-51-31-29-44-71(82)62-34-18-13-19-35-62/h13-61H,1-12H3. The summed E-state index contributed by atoms with van der Waals surface area (Å²) in [6.07, 6.45) is 0. The van der Waals surface area contributed by atoms with Gasteiger partial charge in [-0.25, -0.2) is 0 Å². The van der Waals surface area contributed by atoms with Crippen molar-refractivity contribution in [2.45, 2.75) is 110 Å². The van der Waals surface area contributed by atoms with Crippen LogP contribution < -0.4 is 26.2 Å². The molecule has 0 amide bonds. The molecule has 13 aromatic carbocycles. The molecule has 2 aliphatic heterocycles. The van der Waals surface area contributed by atoms with Crippen LogP contribution in [0.15, 0.2) is 297 Å². The fourth-order valence-electron chi connectivity index (χ4n) is 16.6. The number of para-hydroxylation sites is 2. The van der Waals surface area contributed by atoms with Crippen LogP contribution in [0.2, 0.25) is 0 Å². The highest BCUT2D eigenvalue weighted by atomic mass is 15.2. The molecule has 478 valence electrons. The highest BCUT2D eigenvalue weighted by Gasteiger charge is 2.49. The molecule has 0 fully saturated rings. The summed E-state index contributed by atoms with van der Waals surface area (Å²) in [5.41, 5.74) is 34.6. The van der Waals surface area contributed by atoms with Crippen molar-refractivity contribution in [1.29, 1.82) is 0 Å². The monoisotopic (exact) mass is 1260 g/mol. The zero-order valence-corrected chi connectivity index (χ0v) is 58.8. The normalized spacial score (nSPS) is 13.7. The van der Waals surface area contributed by atoms with E-state index in [1.807, 2.05) is 0 Å². The molecule has 3 aliphatic rings. The smallest absolute Gasteiger partial charge is 0.252 e. The molecule has 0 atom stereocenters. The number of benzene rings is 13. The van der Waals surface area contributed by atoms with Crippen molar-refractivity contribution in [2.75, 3.05) is 9.80 Å². The Kier molecular flexibility index (Phi) is 14.9. The average Bonchev–Trinajstić information content (AvgIpc) is 1.01. The van der Waals surface area contributed by atoms with Crippen molar-refractivity contribution < 1.29 is 0 Å². The van der Waals surface area contributed by atoms with Crippen LogP contribution in [-0.2, 0) is 27.1 Å². The molecule has 16 rings (SSSR count). The lowest BCUT2D eigenvalue weighted by Crippen LogP contribution is -2.61. The summed E-state index contributed by atoms with van der Waals surface area (Å²) in [6, 6.07) is 114. The molecule has 3 heteroatoms. The maximum Gasteiger partial charge on any atom is 0.252 e. The second-order valence-corrected chi connectivity index (χ2v) is 31.6. The largest absolute Gasteiger partial charge is 0.311 e. The molecule has 0 aromatic heterocycles. The van der Waals surface area contributed by atoms with E-state index in [1.54, 1.807) is 0 Å². The van der Waals surface area contributed by atoms with Crippen LogP contribution in [0.4, 0.5) is 34.1 Å². The second-order valence-electron chi connectivity index (χ2n) is 31.6. The van der Waals surface area contributed by atoms with E-state index >= 15 is 0 Å². The van der Waals surface area contributed by atoms with Crippen LogP contribution >= 0.6 is 0 Å². The Labute approximate surface area is 582 Å². The molecule has 0 N–H and O–H groups in total. The molecule has 0 unspecified atom stereocenters. The van der Waals surface area contributed by atoms with E-state index in [-0.39, 0.29) is 28.4 Å². The molecule has 0 saturated heterocycles. The van der Waals surface area contributed by atoms with Crippen molar-refractivity contribution in [3.8, 4) is 66.8 Å². The number of anilines is 6. The summed E-state index contributed by atoms with van der Waals surface area (Å²) in [7, 11) is 0. The lowest BCUT2D eigenvalue weighted by molar-refractivity contribution is 0.550. The SMILES string of the molecule is CC(C)(C)c1cc2c3c(c1)N(c1c(-c4ccccc4)cccc1-c1ccccc1)c1ccc(-c4cccc5c4-c4ccccc4C5(c4ccccc4)c4ccccc4)cc1B3c1cc(-c3c(C(C)(C)C)cc(C(C)(C)C)cc3C(C)(C)C)ccc1N2c1ccccc1-c1ccccc1. The van der Waals surface area contributed by atoms with Gasteiger partial charge in [-0.3, -0.25) is 0 Å². The van der Waals surface area contributed by atoms with Gasteiger partial charge in [0.25, 0.3) is 6.71 Å². The van der Waals surface area contributed by atoms with Gasteiger partial charge < -0.3 is 9.80 Å². The predicted octanol–water partition coefficient (Wildman–Crippen LogP) is 23.7. The van der Waals surface area contributed by atoms with Crippen LogP contribution in [0.1, 0.15) is 128 Å². The Morgan fingerprint density at radius 2 is 0.663 bits per heavy atom. The molecule has 2 heterocycles. The first-order valence-electron chi connectivity index (χ1n) is 35.2. The molecular formula is C95H85BN2. The predicted molar refractivity (Wildman–Crippen MR) is 420 cm³/mol. The Bertz CT molecular complexity index is 5100. The summed E-state index contributed by atoms with van der Waals surface area (Å²) < 4.78 is 0. The quantitative estimate of drug-likeness (QED) is 0.133. The van der Waals surface area contributed by atoms with E-state index in [9.17, 15) is 0 Å². The van der Waals surface area contributed by atoms with Crippen molar-refractivity contribution in [2.24, 2.45) is 0 Å². The first-order valence-corrected chi connectivity index (χ1v) is 35.2. The third-order valence-corrected chi connectivity index (χ3v) is 21.3. The Morgan fingerprint density at radius 3 is 1.19 bits per heavy atom. The van der Waals surface area contributed by atoms with E-state index in [0.717, 1.165) is 28.2 Å². The topological polar surface area (TPSA) is 6.48 Å². The lowest BCUT2D eigenvalue weighted by Gasteiger charge is -2.46. The third-order valence-electron chi connectivity index (χ3n) is 21.3. The fourth-order valence-corrected chi connectivity index (χ4v) is 16.6. The number of rotatable bonds is 9. The van der Waals surface area contributed by atoms with E-state index in [1.165, 1.54) is 134 Å². The molecule has 13 aromatic rings. The van der Waals surface area contributed by atoms with Gasteiger partial charge in [0, 0.05) is 39.4 Å². The van der Waals surface area contributed by atoms with Gasteiger partial charge in [0.1, 0.15) is 0 Å². The van der Waals surface area contributed by atoms with Gasteiger partial charge >= 0.3 is 0 Å². The molecular weight excluding hydrogens is 1180 g/mol. The Hall–Kier alpha value is -10.5. The number of hydrogen-bond donors (Lipinski definition) is 0. The number of hydrogen-bond acceptors (Lipinski definition) is 2. The molecule has 1 aliphatic carbocycles. The van der Waals surface area contributed by atoms with E-state index < -0.39 is 5.41 Å². The van der Waals surface area contributed by atoms with E-state index in [2.05, 4.69) is 390 Å². The lowest BCUT2D eigenvalue weighted by atomic mass is 9.33. The Balaban J connectivity index is 1.07. The van der Waals surface area contributed by atoms with E-state index in [0.29, 0.717) is 0 Å². The summed E-state index contributed by atoms with van der Waals surface area (Å²) in [4.78, 5) is 5.36. The third kappa shape index (κ3) is 10.1. The minimum atomic E-state index is -0.565. The summed E-state index contributed by atoms with van der Waals surface area (Å²) >= 11 is 0. The fraction of sp³-hybridized carbons (Fsp3) is 0.179. The molecule has 0 saturated carbocycles. The first-order chi connectivity index (χ1) is 47.2. The number of fused-ring (bicyclic) bond motifs is 7. The van der Waals surface area contributed by atoms with Crippen molar-refractivity contribution in [1.82, 2.24) is 0 Å². The Morgan fingerprint density at radius 1 is 0.265 bits per heavy atom. The molecule has 2 nitrogen and oxygen atoms in total. The first kappa shape index (κ1) is 62.3. The average molecular weight is 1270 g/mol. The van der Waals surface area contributed by atoms with E-state index in [4.69, 9.17) is 0 Å². The molecule has 0 radical (unpaired) electrons. The maximum atomic E-state index is 2.70. The van der Waals surface area contributed by atoms with Gasteiger partial charge in [-0.15, -0.1) is 0 Å². The molecule has 0 spiro atoms. The van der Waals surface area contributed by atoms with Crippen LogP contribution in [0.25, 0.3) is 66.8 Å². The number of nitrogens with zero attached hydrogens (tertiary/aromatic N) is 2. The van der Waals surface area contributed by atoms with Gasteiger partial charge in [-0.2, -0.15) is 0 Å².